The third-order valence-corrected chi connectivity index (χ3v) is 4.24. The van der Waals surface area contributed by atoms with Crippen LogP contribution in [0.5, 0.6) is 0 Å². The van der Waals surface area contributed by atoms with Crippen molar-refractivity contribution in [2.24, 2.45) is 5.92 Å². The van der Waals surface area contributed by atoms with Crippen molar-refractivity contribution in [1.29, 1.82) is 0 Å². The lowest BCUT2D eigenvalue weighted by Gasteiger charge is -2.27. The molecule has 7 heteroatoms. The second-order valence-electron chi connectivity index (χ2n) is 7.21. The van der Waals surface area contributed by atoms with E-state index in [1.807, 2.05) is 39.8 Å². The van der Waals surface area contributed by atoms with E-state index in [9.17, 15) is 19.8 Å². The van der Waals surface area contributed by atoms with Crippen molar-refractivity contribution in [3.8, 4) is 11.3 Å². The van der Waals surface area contributed by atoms with Crippen molar-refractivity contribution >= 4 is 12.1 Å². The molecule has 1 aromatic carbocycles. The molecule has 0 aliphatic rings. The molecular weight excluding hydrogens is 348 g/mol. The maximum absolute atomic E-state index is 11.6. The molecule has 1 atom stereocenters. The van der Waals surface area contributed by atoms with E-state index >= 15 is 0 Å². The highest BCUT2D eigenvalue weighted by Crippen LogP contribution is 2.22. The molecule has 1 unspecified atom stereocenters. The number of carboxylic acids is 1. The summed E-state index contributed by atoms with van der Waals surface area (Å²) in [5.74, 6) is -0.704. The number of aromatic nitrogens is 1. The highest BCUT2D eigenvalue weighted by molar-refractivity contribution is 5.79. The molecule has 2 rings (SSSR count). The first-order chi connectivity index (χ1) is 12.7. The monoisotopic (exact) mass is 374 g/mol. The van der Waals surface area contributed by atoms with Gasteiger partial charge in [0.05, 0.1) is 0 Å². The van der Waals surface area contributed by atoms with Crippen LogP contribution in [0.4, 0.5) is 4.79 Å². The summed E-state index contributed by atoms with van der Waals surface area (Å²) in [6, 6.07) is 4.98. The van der Waals surface area contributed by atoms with E-state index in [1.54, 1.807) is 0 Å². The standard InChI is InChI=1S/C20H26N2O5/c1-12(2)7-17(19(23)24)22(20(25)26)6-5-18-21-16(11-27-18)15-9-13(3)8-14(4)10-15/h8-12,17H,5-7H2,1-4H3,(H,23,24)(H,25,26). The first-order valence-corrected chi connectivity index (χ1v) is 8.92. The molecule has 1 amide bonds. The fourth-order valence-corrected chi connectivity index (χ4v) is 3.09. The molecule has 0 bridgehead atoms. The van der Waals surface area contributed by atoms with Crippen molar-refractivity contribution in [2.45, 2.75) is 46.6 Å². The maximum atomic E-state index is 11.6. The van der Waals surface area contributed by atoms with E-state index in [4.69, 9.17) is 4.42 Å². The first-order valence-electron chi connectivity index (χ1n) is 8.92. The Hall–Kier alpha value is -2.83. The van der Waals surface area contributed by atoms with E-state index in [-0.39, 0.29) is 25.3 Å². The molecule has 0 radical (unpaired) electrons. The number of carbonyl (C=O) groups is 2. The van der Waals surface area contributed by atoms with Gasteiger partial charge in [-0.1, -0.05) is 31.0 Å². The normalized spacial score (nSPS) is 12.2. The second kappa shape index (κ2) is 8.70. The molecule has 0 saturated carbocycles. The van der Waals surface area contributed by atoms with Gasteiger partial charge in [0.2, 0.25) is 0 Å². The van der Waals surface area contributed by atoms with E-state index in [2.05, 4.69) is 11.1 Å². The number of rotatable bonds is 8. The number of benzene rings is 1. The van der Waals surface area contributed by atoms with Gasteiger partial charge in [0.15, 0.2) is 5.89 Å². The van der Waals surface area contributed by atoms with Crippen molar-refractivity contribution in [3.63, 3.8) is 0 Å². The van der Waals surface area contributed by atoms with Gasteiger partial charge in [-0.15, -0.1) is 0 Å². The summed E-state index contributed by atoms with van der Waals surface area (Å²) in [6.07, 6.45) is 0.737. The quantitative estimate of drug-likeness (QED) is 0.724. The smallest absolute Gasteiger partial charge is 0.408 e. The molecule has 2 aromatic rings. The van der Waals surface area contributed by atoms with Crippen LogP contribution in [0.3, 0.4) is 0 Å². The largest absolute Gasteiger partial charge is 0.480 e. The van der Waals surface area contributed by atoms with E-state index in [1.165, 1.54) is 6.26 Å². The van der Waals surface area contributed by atoms with Gasteiger partial charge in [0, 0.05) is 18.5 Å². The number of oxazole rings is 1. The number of aliphatic carboxylic acids is 1. The second-order valence-corrected chi connectivity index (χ2v) is 7.21. The van der Waals surface area contributed by atoms with Gasteiger partial charge in [-0.05, 0) is 38.3 Å². The number of nitrogens with zero attached hydrogens (tertiary/aromatic N) is 2. The van der Waals surface area contributed by atoms with E-state index in [0.717, 1.165) is 21.6 Å². The summed E-state index contributed by atoms with van der Waals surface area (Å²) in [4.78, 5) is 28.4. The van der Waals surface area contributed by atoms with Gasteiger partial charge in [-0.25, -0.2) is 14.6 Å². The maximum Gasteiger partial charge on any atom is 0.408 e. The highest BCUT2D eigenvalue weighted by atomic mass is 16.4. The Balaban J connectivity index is 2.13. The SMILES string of the molecule is Cc1cc(C)cc(-c2coc(CCN(C(=O)O)C(CC(C)C)C(=O)O)n2)c1. The minimum atomic E-state index is -1.26. The fraction of sp³-hybridized carbons (Fsp3) is 0.450. The lowest BCUT2D eigenvalue weighted by molar-refractivity contribution is -0.143. The predicted octanol–water partition coefficient (Wildman–Crippen LogP) is 3.98. The van der Waals surface area contributed by atoms with Crippen molar-refractivity contribution < 1.29 is 24.2 Å². The van der Waals surface area contributed by atoms with Crippen LogP contribution in [-0.4, -0.2) is 44.7 Å². The molecule has 0 saturated heterocycles. The molecule has 0 aliphatic heterocycles. The average Bonchev–Trinajstić information content (AvgIpc) is 3.01. The molecule has 146 valence electrons. The lowest BCUT2D eigenvalue weighted by Crippen LogP contribution is -2.46. The first kappa shape index (κ1) is 20.5. The third kappa shape index (κ3) is 5.57. The van der Waals surface area contributed by atoms with E-state index < -0.39 is 18.1 Å². The summed E-state index contributed by atoms with van der Waals surface area (Å²) >= 11 is 0. The zero-order valence-corrected chi connectivity index (χ0v) is 16.1. The summed E-state index contributed by atoms with van der Waals surface area (Å²) in [6.45, 7) is 7.73. The van der Waals surface area contributed by atoms with Gasteiger partial charge in [-0.2, -0.15) is 0 Å². The van der Waals surface area contributed by atoms with Gasteiger partial charge in [-0.3, -0.25) is 4.90 Å². The molecular formula is C20H26N2O5. The molecule has 0 fully saturated rings. The van der Waals surface area contributed by atoms with Crippen molar-refractivity contribution in [2.75, 3.05) is 6.54 Å². The molecule has 2 N–H and O–H groups in total. The molecule has 1 aromatic heterocycles. The molecule has 0 aliphatic carbocycles. The Bertz CT molecular complexity index is 792. The van der Waals surface area contributed by atoms with Crippen LogP contribution in [0.25, 0.3) is 11.3 Å². The van der Waals surface area contributed by atoms with Crippen molar-refractivity contribution in [1.82, 2.24) is 9.88 Å². The summed E-state index contributed by atoms with van der Waals surface area (Å²) in [7, 11) is 0. The number of hydrogen-bond acceptors (Lipinski definition) is 4. The minimum Gasteiger partial charge on any atom is -0.480 e. The van der Waals surface area contributed by atoms with Crippen LogP contribution >= 0.6 is 0 Å². The Morgan fingerprint density at radius 2 is 1.78 bits per heavy atom. The fourth-order valence-electron chi connectivity index (χ4n) is 3.09. The predicted molar refractivity (Wildman–Crippen MR) is 101 cm³/mol. The van der Waals surface area contributed by atoms with Crippen LogP contribution in [0.1, 0.15) is 37.3 Å². The van der Waals surface area contributed by atoms with E-state index in [0.29, 0.717) is 11.6 Å². The Kier molecular flexibility index (Phi) is 6.60. The van der Waals surface area contributed by atoms with Crippen LogP contribution in [0.2, 0.25) is 0 Å². The number of aryl methyl sites for hydroxylation is 2. The van der Waals surface area contributed by atoms with Crippen LogP contribution in [0.15, 0.2) is 28.9 Å². The highest BCUT2D eigenvalue weighted by Gasteiger charge is 2.30. The number of amides is 1. The molecule has 7 nitrogen and oxygen atoms in total. The molecule has 1 heterocycles. The Morgan fingerprint density at radius 1 is 1.15 bits per heavy atom. The van der Waals surface area contributed by atoms with Gasteiger partial charge in [0.25, 0.3) is 0 Å². The number of hydrogen-bond donors (Lipinski definition) is 2. The van der Waals surface area contributed by atoms with Gasteiger partial charge < -0.3 is 14.6 Å². The topological polar surface area (TPSA) is 104 Å². The minimum absolute atomic E-state index is 0.00577. The van der Waals surface area contributed by atoms with Gasteiger partial charge in [0.1, 0.15) is 18.0 Å². The van der Waals surface area contributed by atoms with Crippen molar-refractivity contribution in [3.05, 3.63) is 41.5 Å². The Morgan fingerprint density at radius 3 is 2.30 bits per heavy atom. The zero-order valence-electron chi connectivity index (χ0n) is 16.1. The van der Waals surface area contributed by atoms with Crippen LogP contribution in [0, 0.1) is 19.8 Å². The van der Waals surface area contributed by atoms with Crippen LogP contribution < -0.4 is 0 Å². The molecule has 0 spiro atoms. The van der Waals surface area contributed by atoms with Crippen LogP contribution in [-0.2, 0) is 11.2 Å². The summed E-state index contributed by atoms with van der Waals surface area (Å²) in [5, 5.41) is 18.8. The number of carboxylic acid groups (broad SMARTS) is 2. The summed E-state index contributed by atoms with van der Waals surface area (Å²) in [5.41, 5.74) is 3.84. The molecule has 27 heavy (non-hydrogen) atoms. The van der Waals surface area contributed by atoms with Gasteiger partial charge >= 0.3 is 12.1 Å². The Labute approximate surface area is 158 Å². The zero-order chi connectivity index (χ0) is 20.1. The third-order valence-electron chi connectivity index (χ3n) is 4.24. The summed E-state index contributed by atoms with van der Waals surface area (Å²) < 4.78 is 5.47. The lowest BCUT2D eigenvalue weighted by atomic mass is 10.0. The average molecular weight is 374 g/mol.